The second-order valence-electron chi connectivity index (χ2n) is 7.35. The molecule has 0 saturated carbocycles. The fourth-order valence-electron chi connectivity index (χ4n) is 3.79. The van der Waals surface area contributed by atoms with E-state index in [1.807, 2.05) is 11.9 Å². The van der Waals surface area contributed by atoms with Crippen LogP contribution in [0.5, 0.6) is 0 Å². The second-order valence-corrected chi connectivity index (χ2v) is 7.35. The first-order valence-corrected chi connectivity index (χ1v) is 8.92. The second kappa shape index (κ2) is 6.98. The number of aryl methyl sites for hydroxylation is 1. The molecule has 1 aromatic carbocycles. The van der Waals surface area contributed by atoms with Gasteiger partial charge in [-0.2, -0.15) is 0 Å². The Hall–Kier alpha value is -1.81. The number of furan rings is 1. The summed E-state index contributed by atoms with van der Waals surface area (Å²) in [6, 6.07) is 4.30. The summed E-state index contributed by atoms with van der Waals surface area (Å²) >= 11 is 0. The number of carbonyl (C=O) groups excluding carboxylic acids is 1. The van der Waals surface area contributed by atoms with Crippen LogP contribution < -0.4 is 5.32 Å². The summed E-state index contributed by atoms with van der Waals surface area (Å²) in [7, 11) is 1.97. The van der Waals surface area contributed by atoms with Crippen LogP contribution in [0.4, 0.5) is 0 Å². The Kier molecular flexibility index (Phi) is 4.95. The first-order chi connectivity index (χ1) is 11.5. The molecule has 0 aliphatic carbocycles. The topological polar surface area (TPSA) is 45.5 Å². The van der Waals surface area contributed by atoms with Crippen LogP contribution in [0.2, 0.25) is 0 Å². The molecule has 0 bridgehead atoms. The molecule has 1 amide bonds. The normalized spacial score (nSPS) is 18.0. The minimum Gasteiger partial charge on any atom is -0.464 e. The highest BCUT2D eigenvalue weighted by Crippen LogP contribution is 2.29. The Balaban J connectivity index is 1.78. The van der Waals surface area contributed by atoms with E-state index < -0.39 is 0 Å². The van der Waals surface area contributed by atoms with E-state index in [0.717, 1.165) is 42.6 Å². The smallest absolute Gasteiger partial charge is 0.227 e. The molecule has 0 unspecified atom stereocenters. The summed E-state index contributed by atoms with van der Waals surface area (Å²) in [5, 5.41) is 4.29. The lowest BCUT2D eigenvalue weighted by molar-refractivity contribution is -0.129. The molecule has 1 fully saturated rings. The molecule has 1 aliphatic rings. The predicted molar refractivity (Wildman–Crippen MR) is 97.4 cm³/mol. The Bertz CT molecular complexity index is 733. The van der Waals surface area contributed by atoms with Gasteiger partial charge in [-0.05, 0) is 62.0 Å². The van der Waals surface area contributed by atoms with E-state index >= 15 is 0 Å². The summed E-state index contributed by atoms with van der Waals surface area (Å²) in [5.41, 5.74) is 4.47. The Morgan fingerprint density at radius 1 is 1.42 bits per heavy atom. The average molecular weight is 328 g/mol. The monoisotopic (exact) mass is 328 g/mol. The maximum absolute atomic E-state index is 12.7. The standard InChI is InChI=1S/C20H28N2O2/c1-13(2)17-9-18-16(12-24-19(18)7-14(17)3)8-20(23)22-6-5-15(11-22)10-21-4/h7,9,12-13,15,21H,5-6,8,10-11H2,1-4H3/t15-/m0/s1. The zero-order chi connectivity index (χ0) is 17.3. The first-order valence-electron chi connectivity index (χ1n) is 8.92. The van der Waals surface area contributed by atoms with Crippen molar-refractivity contribution in [2.75, 3.05) is 26.7 Å². The van der Waals surface area contributed by atoms with Crippen LogP contribution in [-0.4, -0.2) is 37.5 Å². The minimum absolute atomic E-state index is 0.211. The Morgan fingerprint density at radius 3 is 2.92 bits per heavy atom. The summed E-state index contributed by atoms with van der Waals surface area (Å²) in [5.74, 6) is 1.26. The summed E-state index contributed by atoms with van der Waals surface area (Å²) in [6.45, 7) is 9.24. The van der Waals surface area contributed by atoms with Crippen molar-refractivity contribution < 1.29 is 9.21 Å². The van der Waals surface area contributed by atoms with Crippen molar-refractivity contribution >= 4 is 16.9 Å². The highest BCUT2D eigenvalue weighted by atomic mass is 16.3. The fraction of sp³-hybridized carbons (Fsp3) is 0.550. The van der Waals surface area contributed by atoms with Gasteiger partial charge in [-0.1, -0.05) is 13.8 Å². The van der Waals surface area contributed by atoms with Gasteiger partial charge in [-0.15, -0.1) is 0 Å². The van der Waals surface area contributed by atoms with Crippen molar-refractivity contribution in [2.24, 2.45) is 5.92 Å². The lowest BCUT2D eigenvalue weighted by Crippen LogP contribution is -2.31. The van der Waals surface area contributed by atoms with E-state index in [-0.39, 0.29) is 5.91 Å². The van der Waals surface area contributed by atoms with E-state index in [1.54, 1.807) is 6.26 Å². The third-order valence-corrected chi connectivity index (χ3v) is 5.14. The molecule has 4 heteroatoms. The summed E-state index contributed by atoms with van der Waals surface area (Å²) in [4.78, 5) is 14.7. The minimum atomic E-state index is 0.211. The molecule has 1 atom stereocenters. The number of rotatable bonds is 5. The quantitative estimate of drug-likeness (QED) is 0.914. The number of benzene rings is 1. The van der Waals surface area contributed by atoms with Gasteiger partial charge in [-0.3, -0.25) is 4.79 Å². The molecule has 1 aliphatic heterocycles. The Morgan fingerprint density at radius 2 is 2.21 bits per heavy atom. The number of nitrogens with zero attached hydrogens (tertiary/aromatic N) is 1. The number of carbonyl (C=O) groups is 1. The van der Waals surface area contributed by atoms with Crippen molar-refractivity contribution in [3.63, 3.8) is 0 Å². The molecule has 1 saturated heterocycles. The number of fused-ring (bicyclic) bond motifs is 1. The predicted octanol–water partition coefficient (Wildman–Crippen LogP) is 3.48. The van der Waals surface area contributed by atoms with Crippen molar-refractivity contribution in [3.05, 3.63) is 35.1 Å². The van der Waals surface area contributed by atoms with Crippen molar-refractivity contribution in [2.45, 2.75) is 39.5 Å². The lowest BCUT2D eigenvalue weighted by Gasteiger charge is -2.16. The van der Waals surface area contributed by atoms with E-state index in [1.165, 1.54) is 11.1 Å². The molecule has 24 heavy (non-hydrogen) atoms. The van der Waals surface area contributed by atoms with Crippen LogP contribution in [0.25, 0.3) is 11.0 Å². The number of likely N-dealkylation sites (tertiary alicyclic amines) is 1. The van der Waals surface area contributed by atoms with Gasteiger partial charge in [0.25, 0.3) is 0 Å². The lowest BCUT2D eigenvalue weighted by atomic mass is 9.95. The van der Waals surface area contributed by atoms with Gasteiger partial charge in [0.2, 0.25) is 5.91 Å². The van der Waals surface area contributed by atoms with Gasteiger partial charge >= 0.3 is 0 Å². The van der Waals surface area contributed by atoms with E-state index in [0.29, 0.717) is 18.3 Å². The number of hydrogen-bond acceptors (Lipinski definition) is 3. The zero-order valence-electron chi connectivity index (χ0n) is 15.2. The van der Waals surface area contributed by atoms with Crippen molar-refractivity contribution in [3.8, 4) is 0 Å². The van der Waals surface area contributed by atoms with Gasteiger partial charge in [0.15, 0.2) is 0 Å². The van der Waals surface area contributed by atoms with Crippen molar-refractivity contribution in [1.29, 1.82) is 0 Å². The third kappa shape index (κ3) is 3.34. The molecule has 1 N–H and O–H groups in total. The average Bonchev–Trinajstić information content (AvgIpc) is 3.14. The maximum atomic E-state index is 12.7. The highest BCUT2D eigenvalue weighted by molar-refractivity contribution is 5.88. The van der Waals surface area contributed by atoms with Crippen LogP contribution in [0.3, 0.4) is 0 Å². The van der Waals surface area contributed by atoms with Crippen LogP contribution in [0, 0.1) is 12.8 Å². The summed E-state index contributed by atoms with van der Waals surface area (Å²) in [6.07, 6.45) is 3.28. The van der Waals surface area contributed by atoms with Crippen LogP contribution in [0.15, 0.2) is 22.8 Å². The summed E-state index contributed by atoms with van der Waals surface area (Å²) < 4.78 is 5.71. The number of hydrogen-bond donors (Lipinski definition) is 1. The SMILES string of the molecule is CNC[C@@H]1CCN(C(=O)Cc2coc3cc(C)c(C(C)C)cc23)C1. The molecule has 130 valence electrons. The molecule has 4 nitrogen and oxygen atoms in total. The van der Waals surface area contributed by atoms with E-state index in [2.05, 4.69) is 38.2 Å². The molecule has 2 aromatic rings. The fourth-order valence-corrected chi connectivity index (χ4v) is 3.79. The molecule has 1 aromatic heterocycles. The third-order valence-electron chi connectivity index (χ3n) is 5.14. The van der Waals surface area contributed by atoms with Gasteiger partial charge in [-0.25, -0.2) is 0 Å². The highest BCUT2D eigenvalue weighted by Gasteiger charge is 2.26. The molecular weight excluding hydrogens is 300 g/mol. The van der Waals surface area contributed by atoms with Crippen LogP contribution in [0.1, 0.15) is 42.9 Å². The number of amides is 1. The number of nitrogens with one attached hydrogen (secondary N) is 1. The van der Waals surface area contributed by atoms with Crippen molar-refractivity contribution in [1.82, 2.24) is 10.2 Å². The van der Waals surface area contributed by atoms with Gasteiger partial charge in [0.05, 0.1) is 12.7 Å². The van der Waals surface area contributed by atoms with E-state index in [9.17, 15) is 4.79 Å². The molecule has 0 spiro atoms. The first kappa shape index (κ1) is 17.0. The molecule has 0 radical (unpaired) electrons. The molecular formula is C20H28N2O2. The van der Waals surface area contributed by atoms with Crippen LogP contribution in [-0.2, 0) is 11.2 Å². The van der Waals surface area contributed by atoms with Crippen LogP contribution >= 0.6 is 0 Å². The Labute approximate surface area is 144 Å². The van der Waals surface area contributed by atoms with Gasteiger partial charge in [0, 0.05) is 24.0 Å². The zero-order valence-corrected chi connectivity index (χ0v) is 15.2. The molecule has 3 rings (SSSR count). The van der Waals surface area contributed by atoms with Gasteiger partial charge < -0.3 is 14.6 Å². The van der Waals surface area contributed by atoms with E-state index in [4.69, 9.17) is 4.42 Å². The molecule has 2 heterocycles. The largest absolute Gasteiger partial charge is 0.464 e. The van der Waals surface area contributed by atoms with Gasteiger partial charge in [0.1, 0.15) is 5.58 Å². The maximum Gasteiger partial charge on any atom is 0.227 e.